The molecule has 0 radical (unpaired) electrons. The first kappa shape index (κ1) is 26.7. The van der Waals surface area contributed by atoms with E-state index in [1.807, 2.05) is 25.1 Å². The second-order valence-corrected chi connectivity index (χ2v) is 9.78. The van der Waals surface area contributed by atoms with E-state index in [1.165, 1.54) is 12.1 Å². The fourth-order valence-electron chi connectivity index (χ4n) is 4.51. The largest absolute Gasteiger partial charge is 0.486 e. The van der Waals surface area contributed by atoms with Gasteiger partial charge in [0.25, 0.3) is 17.5 Å². The first-order chi connectivity index (χ1) is 19.2. The molecule has 0 bridgehead atoms. The van der Waals surface area contributed by atoms with E-state index >= 15 is 0 Å². The second kappa shape index (κ2) is 11.1. The molecule has 40 heavy (non-hydrogen) atoms. The molecule has 3 aromatic rings. The van der Waals surface area contributed by atoms with E-state index in [-0.39, 0.29) is 11.6 Å². The third-order valence-electron chi connectivity index (χ3n) is 6.67. The topological polar surface area (TPSA) is 126 Å². The van der Waals surface area contributed by atoms with Gasteiger partial charge in [0.15, 0.2) is 11.5 Å². The number of anilines is 2. The minimum absolute atomic E-state index is 0.0930. The van der Waals surface area contributed by atoms with Crippen molar-refractivity contribution in [2.45, 2.75) is 0 Å². The van der Waals surface area contributed by atoms with Crippen LogP contribution in [0.1, 0.15) is 21.5 Å². The van der Waals surface area contributed by atoms with Gasteiger partial charge in [0.2, 0.25) is 0 Å². The zero-order valence-corrected chi connectivity index (χ0v) is 22.4. The average Bonchev–Trinajstić information content (AvgIpc) is 3.28. The van der Waals surface area contributed by atoms with Gasteiger partial charge in [-0.2, -0.15) is 0 Å². The summed E-state index contributed by atoms with van der Waals surface area (Å²) in [7, 11) is 5.68. The first-order valence-electron chi connectivity index (χ1n) is 12.7. The maximum Gasteiger partial charge on any atom is 0.271 e. The van der Waals surface area contributed by atoms with Crippen molar-refractivity contribution in [1.82, 2.24) is 9.80 Å². The number of nitro groups is 1. The summed E-state index contributed by atoms with van der Waals surface area (Å²) in [5.74, 6) is 0.659. The molecule has 0 atom stereocenters. The summed E-state index contributed by atoms with van der Waals surface area (Å²) >= 11 is 0. The highest BCUT2D eigenvalue weighted by Gasteiger charge is 2.30. The molecule has 0 saturated heterocycles. The van der Waals surface area contributed by atoms with Gasteiger partial charge in [-0.25, -0.2) is 0 Å². The van der Waals surface area contributed by atoms with Gasteiger partial charge in [-0.3, -0.25) is 19.7 Å². The molecule has 11 heteroatoms. The van der Waals surface area contributed by atoms with Crippen LogP contribution in [0.5, 0.6) is 11.5 Å². The highest BCUT2D eigenvalue weighted by Crippen LogP contribution is 2.41. The number of fused-ring (bicyclic) bond motifs is 2. The smallest absolute Gasteiger partial charge is 0.271 e. The molecule has 206 valence electrons. The average molecular weight is 544 g/mol. The fourth-order valence-corrected chi connectivity index (χ4v) is 4.51. The monoisotopic (exact) mass is 543 g/mol. The van der Waals surface area contributed by atoms with Crippen LogP contribution in [-0.4, -0.2) is 74.0 Å². The van der Waals surface area contributed by atoms with Crippen LogP contribution in [0.2, 0.25) is 0 Å². The van der Waals surface area contributed by atoms with Crippen molar-refractivity contribution in [1.29, 1.82) is 0 Å². The Morgan fingerprint density at radius 1 is 0.950 bits per heavy atom. The van der Waals surface area contributed by atoms with E-state index < -0.39 is 10.8 Å². The lowest BCUT2D eigenvalue weighted by Crippen LogP contribution is -2.33. The summed E-state index contributed by atoms with van der Waals surface area (Å²) in [6.07, 6.45) is 0. The van der Waals surface area contributed by atoms with E-state index in [2.05, 4.69) is 10.6 Å². The Bertz CT molecular complexity index is 1520. The van der Waals surface area contributed by atoms with Gasteiger partial charge in [0, 0.05) is 54.6 Å². The van der Waals surface area contributed by atoms with E-state index in [1.54, 1.807) is 54.4 Å². The molecule has 0 aromatic heterocycles. The number of amides is 2. The van der Waals surface area contributed by atoms with Gasteiger partial charge in [-0.05, 0) is 62.6 Å². The number of non-ortho nitro benzene ring substituents is 1. The fraction of sp³-hybridized carbons (Fsp3) is 0.241. The zero-order chi connectivity index (χ0) is 28.4. The Morgan fingerprint density at radius 2 is 1.65 bits per heavy atom. The molecule has 0 aliphatic carbocycles. The molecule has 3 aromatic carbocycles. The van der Waals surface area contributed by atoms with Crippen LogP contribution in [0.3, 0.4) is 0 Å². The molecule has 0 spiro atoms. The lowest BCUT2D eigenvalue weighted by Gasteiger charge is -2.21. The number of likely N-dealkylation sites (N-methyl/N-ethyl adjacent to an activating group) is 2. The molecule has 0 unspecified atom stereocenters. The normalized spacial score (nSPS) is 14.8. The number of nitrogens with zero attached hydrogens (tertiary/aromatic N) is 3. The van der Waals surface area contributed by atoms with Gasteiger partial charge in [0.1, 0.15) is 13.2 Å². The molecule has 2 aliphatic rings. The molecule has 11 nitrogen and oxygen atoms in total. The second-order valence-electron chi connectivity index (χ2n) is 9.78. The molecule has 2 heterocycles. The van der Waals surface area contributed by atoms with E-state index in [4.69, 9.17) is 9.47 Å². The number of rotatable bonds is 8. The van der Waals surface area contributed by atoms with Crippen molar-refractivity contribution in [3.05, 3.63) is 87.5 Å². The summed E-state index contributed by atoms with van der Waals surface area (Å²) in [4.78, 5) is 40.6. The van der Waals surface area contributed by atoms with Gasteiger partial charge >= 0.3 is 0 Å². The molecular formula is C29H29N5O6. The molecule has 5 rings (SSSR count). The molecule has 0 fully saturated rings. The molecule has 0 saturated carbocycles. The van der Waals surface area contributed by atoms with Crippen molar-refractivity contribution < 1.29 is 24.0 Å². The number of carbonyl (C=O) groups is 2. The molecular weight excluding hydrogens is 514 g/mol. The van der Waals surface area contributed by atoms with Crippen LogP contribution in [0.4, 0.5) is 17.1 Å². The minimum Gasteiger partial charge on any atom is -0.486 e. The Morgan fingerprint density at radius 3 is 2.35 bits per heavy atom. The predicted octanol–water partition coefficient (Wildman–Crippen LogP) is 3.93. The lowest BCUT2D eigenvalue weighted by molar-refractivity contribution is -0.384. The van der Waals surface area contributed by atoms with Crippen LogP contribution in [0.15, 0.2) is 60.7 Å². The quantitative estimate of drug-likeness (QED) is 0.249. The van der Waals surface area contributed by atoms with E-state index in [9.17, 15) is 19.7 Å². The van der Waals surface area contributed by atoms with Crippen molar-refractivity contribution >= 4 is 40.1 Å². The number of hydrogen-bond acceptors (Lipinski definition) is 8. The Kier molecular flexibility index (Phi) is 7.39. The number of benzene rings is 3. The lowest BCUT2D eigenvalue weighted by atomic mass is 9.99. The van der Waals surface area contributed by atoms with Crippen LogP contribution in [-0.2, 0) is 4.79 Å². The van der Waals surface area contributed by atoms with Crippen molar-refractivity contribution in [3.8, 4) is 11.5 Å². The predicted molar refractivity (Wildman–Crippen MR) is 152 cm³/mol. The number of hydrogen-bond donors (Lipinski definition) is 2. The number of nitrogens with one attached hydrogen (secondary N) is 2. The highest BCUT2D eigenvalue weighted by molar-refractivity contribution is 6.37. The maximum absolute atomic E-state index is 13.2. The summed E-state index contributed by atoms with van der Waals surface area (Å²) in [6.45, 7) is 2.20. The Hall–Kier alpha value is -4.90. The van der Waals surface area contributed by atoms with E-state index in [0.29, 0.717) is 70.6 Å². The third kappa shape index (κ3) is 5.45. The summed E-state index contributed by atoms with van der Waals surface area (Å²) in [6, 6.07) is 16.7. The molecule has 2 N–H and O–H groups in total. The summed E-state index contributed by atoms with van der Waals surface area (Å²) in [5, 5.41) is 17.4. The van der Waals surface area contributed by atoms with Crippen LogP contribution in [0, 0.1) is 10.1 Å². The first-order valence-corrected chi connectivity index (χ1v) is 12.7. The maximum atomic E-state index is 13.2. The van der Waals surface area contributed by atoms with Crippen molar-refractivity contribution in [3.63, 3.8) is 0 Å². The summed E-state index contributed by atoms with van der Waals surface area (Å²) in [5.41, 5.74) is 3.41. The van der Waals surface area contributed by atoms with E-state index in [0.717, 1.165) is 6.54 Å². The van der Waals surface area contributed by atoms with Crippen LogP contribution in [0.25, 0.3) is 11.3 Å². The number of ether oxygens (including phenoxy) is 2. The molecule has 2 amide bonds. The Labute approximate surface area is 231 Å². The number of nitro benzene ring substituents is 1. The third-order valence-corrected chi connectivity index (χ3v) is 6.67. The minimum atomic E-state index is -0.505. The van der Waals surface area contributed by atoms with Gasteiger partial charge in [-0.1, -0.05) is 0 Å². The van der Waals surface area contributed by atoms with Gasteiger partial charge in [0.05, 0.1) is 21.9 Å². The molecule has 2 aliphatic heterocycles. The van der Waals surface area contributed by atoms with Crippen LogP contribution < -0.4 is 20.1 Å². The van der Waals surface area contributed by atoms with Crippen LogP contribution >= 0.6 is 0 Å². The highest BCUT2D eigenvalue weighted by atomic mass is 16.6. The standard InChI is InChI=1S/C29H29N5O6/c1-32(2)12-13-33(3)29(36)18-4-7-20(8-5-18)30-27(19-6-11-24-25(16-19)40-15-14-39-24)26-22-10-9-21(34(37)38)17-23(22)31-28(26)35/h4-11,16-17,30H,12-15H2,1-3H3,(H,31,35). The SMILES string of the molecule is CN(C)CCN(C)C(=O)c1ccc(NC(=C2C(=O)Nc3cc([N+](=O)[O-])ccc32)c2ccc3c(c2)OCCO3)cc1. The number of carbonyl (C=O) groups excluding carboxylic acids is 2. The summed E-state index contributed by atoms with van der Waals surface area (Å²) < 4.78 is 11.4. The van der Waals surface area contributed by atoms with Crippen molar-refractivity contribution in [2.75, 3.05) is 58.1 Å². The van der Waals surface area contributed by atoms with Gasteiger partial charge in [-0.15, -0.1) is 0 Å². The van der Waals surface area contributed by atoms with Gasteiger partial charge < -0.3 is 29.9 Å². The van der Waals surface area contributed by atoms with Crippen molar-refractivity contribution in [2.24, 2.45) is 0 Å². The Balaban J connectivity index is 1.52. The zero-order valence-electron chi connectivity index (χ0n) is 22.4.